The van der Waals surface area contributed by atoms with E-state index in [2.05, 4.69) is 0 Å². The van der Waals surface area contributed by atoms with Gasteiger partial charge in [0.15, 0.2) is 0 Å². The molecule has 3 heteroatoms. The van der Waals surface area contributed by atoms with Crippen LogP contribution in [0.3, 0.4) is 0 Å². The van der Waals surface area contributed by atoms with Crippen LogP contribution in [0.25, 0.3) is 0 Å². The number of Topliss-reactive ketones (excluding diaryl/α,β-unsaturated/α-hetero) is 2. The molecular weight excluding hydrogens is 192 g/mol. The second-order valence-electron chi connectivity index (χ2n) is 3.83. The van der Waals surface area contributed by atoms with Gasteiger partial charge in [0.1, 0.15) is 5.75 Å². The van der Waals surface area contributed by atoms with Gasteiger partial charge in [-0.3, -0.25) is 9.59 Å². The third-order valence-corrected chi connectivity index (χ3v) is 2.78. The molecule has 3 nitrogen and oxygen atoms in total. The van der Waals surface area contributed by atoms with Crippen LogP contribution in [0.2, 0.25) is 0 Å². The van der Waals surface area contributed by atoms with Gasteiger partial charge in [-0.1, -0.05) is 6.07 Å². The number of fused-ring (bicyclic) bond motifs is 1. The molecule has 1 aromatic carbocycles. The summed E-state index contributed by atoms with van der Waals surface area (Å²) in [5.74, 6) is -0.0346. The van der Waals surface area contributed by atoms with E-state index in [9.17, 15) is 9.59 Å². The monoisotopic (exact) mass is 204 g/mol. The Hall–Kier alpha value is -1.64. The van der Waals surface area contributed by atoms with Crippen molar-refractivity contribution < 1.29 is 14.3 Å². The summed E-state index contributed by atoms with van der Waals surface area (Å²) in [6.07, 6.45) is 0.180. The van der Waals surface area contributed by atoms with Crippen molar-refractivity contribution in [1.82, 2.24) is 0 Å². The number of ketones is 2. The zero-order chi connectivity index (χ0) is 11.2. The normalized spacial score (nSPS) is 14.3. The number of rotatable bonds is 1. The lowest BCUT2D eigenvalue weighted by Crippen LogP contribution is -2.07. The highest BCUT2D eigenvalue weighted by Crippen LogP contribution is 2.34. The maximum atomic E-state index is 11.6. The minimum absolute atomic E-state index is 0.180. The van der Waals surface area contributed by atoms with Gasteiger partial charge in [0.2, 0.25) is 11.6 Å². The van der Waals surface area contributed by atoms with Gasteiger partial charge in [-0.05, 0) is 25.0 Å². The number of benzene rings is 1. The Morgan fingerprint density at radius 1 is 1.20 bits per heavy atom. The van der Waals surface area contributed by atoms with Crippen LogP contribution in [0.1, 0.15) is 27.0 Å². The average molecular weight is 204 g/mol. The molecule has 0 saturated heterocycles. The third kappa shape index (κ3) is 1.27. The van der Waals surface area contributed by atoms with Crippen LogP contribution >= 0.6 is 0 Å². The zero-order valence-electron chi connectivity index (χ0n) is 9.01. The quantitative estimate of drug-likeness (QED) is 0.653. The Morgan fingerprint density at radius 3 is 2.47 bits per heavy atom. The molecule has 0 aliphatic heterocycles. The van der Waals surface area contributed by atoms with Crippen molar-refractivity contribution in [2.24, 2.45) is 0 Å². The van der Waals surface area contributed by atoms with Crippen molar-refractivity contribution in [3.63, 3.8) is 0 Å². The smallest absolute Gasteiger partial charge is 0.229 e. The minimum atomic E-state index is -0.374. The van der Waals surface area contributed by atoms with Crippen molar-refractivity contribution in [3.05, 3.63) is 28.3 Å². The molecule has 0 heterocycles. The van der Waals surface area contributed by atoms with Gasteiger partial charge in [-0.25, -0.2) is 0 Å². The predicted octanol–water partition coefficient (Wildman–Crippen LogP) is 1.62. The number of carbonyl (C=O) groups is 2. The van der Waals surface area contributed by atoms with Crippen molar-refractivity contribution in [2.75, 3.05) is 7.11 Å². The van der Waals surface area contributed by atoms with E-state index in [1.165, 1.54) is 0 Å². The van der Waals surface area contributed by atoms with E-state index < -0.39 is 0 Å². The summed E-state index contributed by atoms with van der Waals surface area (Å²) in [6.45, 7) is 3.77. The van der Waals surface area contributed by atoms with Gasteiger partial charge in [-0.15, -0.1) is 0 Å². The Balaban J connectivity index is 2.76. The van der Waals surface area contributed by atoms with E-state index in [-0.39, 0.29) is 18.0 Å². The fraction of sp³-hybridized carbons (Fsp3) is 0.333. The molecule has 0 spiro atoms. The Morgan fingerprint density at radius 2 is 1.87 bits per heavy atom. The van der Waals surface area contributed by atoms with Gasteiger partial charge < -0.3 is 4.74 Å². The molecule has 78 valence electrons. The molecule has 15 heavy (non-hydrogen) atoms. The third-order valence-electron chi connectivity index (χ3n) is 2.78. The second kappa shape index (κ2) is 3.19. The molecule has 1 aliphatic rings. The van der Waals surface area contributed by atoms with Crippen LogP contribution in [0.4, 0.5) is 0 Å². The van der Waals surface area contributed by atoms with Crippen molar-refractivity contribution in [1.29, 1.82) is 0 Å². The van der Waals surface area contributed by atoms with Gasteiger partial charge in [0, 0.05) is 17.5 Å². The highest BCUT2D eigenvalue weighted by Gasteiger charge is 2.33. The van der Waals surface area contributed by atoms with Crippen LogP contribution in [-0.2, 0) is 11.2 Å². The Kier molecular flexibility index (Phi) is 2.11. The van der Waals surface area contributed by atoms with Gasteiger partial charge in [0.25, 0.3) is 0 Å². The van der Waals surface area contributed by atoms with Crippen LogP contribution in [0, 0.1) is 13.8 Å². The molecule has 0 N–H and O–H groups in total. The fourth-order valence-electron chi connectivity index (χ4n) is 2.20. The van der Waals surface area contributed by atoms with E-state index in [0.29, 0.717) is 11.3 Å². The number of hydrogen-bond acceptors (Lipinski definition) is 3. The van der Waals surface area contributed by atoms with Gasteiger partial charge >= 0.3 is 0 Å². The predicted molar refractivity (Wildman–Crippen MR) is 55.5 cm³/mol. The first-order valence-corrected chi connectivity index (χ1v) is 4.81. The van der Waals surface area contributed by atoms with Crippen LogP contribution in [0.15, 0.2) is 6.07 Å². The van der Waals surface area contributed by atoms with E-state index in [4.69, 9.17) is 4.74 Å². The largest absolute Gasteiger partial charge is 0.496 e. The van der Waals surface area contributed by atoms with Crippen molar-refractivity contribution >= 4 is 11.6 Å². The molecule has 0 fully saturated rings. The maximum Gasteiger partial charge on any atom is 0.229 e. The molecule has 0 atom stereocenters. The molecule has 1 aromatic rings. The lowest BCUT2D eigenvalue weighted by atomic mass is 9.99. The Bertz CT molecular complexity index is 472. The molecule has 0 unspecified atom stereocenters. The molecule has 1 aliphatic carbocycles. The first kappa shape index (κ1) is 9.90. The van der Waals surface area contributed by atoms with Crippen LogP contribution in [0.5, 0.6) is 5.75 Å². The first-order chi connectivity index (χ1) is 7.06. The van der Waals surface area contributed by atoms with E-state index in [1.54, 1.807) is 7.11 Å². The van der Waals surface area contributed by atoms with E-state index >= 15 is 0 Å². The fourth-order valence-corrected chi connectivity index (χ4v) is 2.20. The molecule has 0 aromatic heterocycles. The summed E-state index contributed by atoms with van der Waals surface area (Å²) in [4.78, 5) is 22.9. The highest BCUT2D eigenvalue weighted by molar-refractivity contribution is 6.47. The van der Waals surface area contributed by atoms with Crippen molar-refractivity contribution in [2.45, 2.75) is 20.3 Å². The summed E-state index contributed by atoms with van der Waals surface area (Å²) in [5.41, 5.74) is 3.13. The molecular formula is C12H12O3. The number of hydrogen-bond donors (Lipinski definition) is 0. The van der Waals surface area contributed by atoms with Gasteiger partial charge in [0.05, 0.1) is 7.11 Å². The molecule has 0 radical (unpaired) electrons. The molecule has 0 bridgehead atoms. The number of ether oxygens (including phenoxy) is 1. The second-order valence-corrected chi connectivity index (χ2v) is 3.83. The summed E-state index contributed by atoms with van der Waals surface area (Å²) in [6, 6.07) is 1.88. The van der Waals surface area contributed by atoms with E-state index in [1.807, 2.05) is 19.9 Å². The number of methoxy groups -OCH3 is 1. The summed E-state index contributed by atoms with van der Waals surface area (Å²) in [7, 11) is 1.56. The van der Waals surface area contributed by atoms with Gasteiger partial charge in [-0.2, -0.15) is 0 Å². The molecule has 0 saturated carbocycles. The summed E-state index contributed by atoms with van der Waals surface area (Å²) < 4.78 is 5.24. The topological polar surface area (TPSA) is 43.4 Å². The lowest BCUT2D eigenvalue weighted by molar-refractivity contribution is -0.114. The molecule has 0 amide bonds. The average Bonchev–Trinajstić information content (AvgIpc) is 2.44. The standard InChI is InChI=1S/C12H12O3/c1-6-4-7(2)12(15-3)8-5-9(13)11(14)10(6)8/h4H,5H2,1-3H3. The van der Waals surface area contributed by atoms with E-state index in [0.717, 1.165) is 16.7 Å². The van der Waals surface area contributed by atoms with Crippen LogP contribution in [-0.4, -0.2) is 18.7 Å². The Labute approximate surface area is 88.1 Å². The number of aryl methyl sites for hydroxylation is 2. The lowest BCUT2D eigenvalue weighted by Gasteiger charge is -2.11. The number of carbonyl (C=O) groups excluding carboxylic acids is 2. The maximum absolute atomic E-state index is 11.6. The summed E-state index contributed by atoms with van der Waals surface area (Å²) >= 11 is 0. The summed E-state index contributed by atoms with van der Waals surface area (Å²) in [5, 5.41) is 0. The van der Waals surface area contributed by atoms with Crippen LogP contribution < -0.4 is 4.74 Å². The highest BCUT2D eigenvalue weighted by atomic mass is 16.5. The molecule has 2 rings (SSSR count). The SMILES string of the molecule is COc1c(C)cc(C)c2c1CC(=O)C2=O. The first-order valence-electron chi connectivity index (χ1n) is 4.81. The zero-order valence-corrected chi connectivity index (χ0v) is 9.01. The van der Waals surface area contributed by atoms with Crippen molar-refractivity contribution in [3.8, 4) is 5.75 Å². The minimum Gasteiger partial charge on any atom is -0.496 e.